The zero-order valence-corrected chi connectivity index (χ0v) is 20.6. The van der Waals surface area contributed by atoms with Crippen molar-refractivity contribution in [3.63, 3.8) is 0 Å². The fourth-order valence-corrected chi connectivity index (χ4v) is 4.84. The monoisotopic (exact) mass is 426 g/mol. The van der Waals surface area contributed by atoms with Gasteiger partial charge in [0.2, 0.25) is 5.69 Å². The van der Waals surface area contributed by atoms with E-state index in [4.69, 9.17) is 4.74 Å². The molecule has 0 saturated carbocycles. The lowest BCUT2D eigenvalue weighted by atomic mass is 9.76. The number of nitrogens with zero attached hydrogens (tertiary/aromatic N) is 1. The van der Waals surface area contributed by atoms with Gasteiger partial charge in [-0.25, -0.2) is 0 Å². The molecule has 0 unspecified atom stereocenters. The van der Waals surface area contributed by atoms with E-state index in [0.29, 0.717) is 18.6 Å². The standard InChI is InChI=1S/C30H36NO/c1-20(2)25-14-11-15-26(21(3)4)28(25)31-18-23-16-22(5)17-27(29(23)32-19-31)30(6,7)24-12-9-8-10-13-24/h8-18,20-21H,19H2,1-7H3/q+1. The minimum atomic E-state index is -0.147. The molecule has 0 amide bonds. The molecule has 0 spiro atoms. The Balaban J connectivity index is 1.89. The van der Waals surface area contributed by atoms with Crippen molar-refractivity contribution >= 4 is 11.9 Å². The molecule has 166 valence electrons. The molecule has 1 aliphatic heterocycles. The highest BCUT2D eigenvalue weighted by molar-refractivity contribution is 5.83. The molecule has 0 bridgehead atoms. The zero-order chi connectivity index (χ0) is 23.0. The molecule has 0 aromatic heterocycles. The molecule has 3 aromatic rings. The van der Waals surface area contributed by atoms with E-state index in [1.54, 1.807) is 0 Å². The Bertz CT molecular complexity index is 1130. The Kier molecular flexibility index (Phi) is 5.99. The van der Waals surface area contributed by atoms with Gasteiger partial charge in [0.15, 0.2) is 6.21 Å². The summed E-state index contributed by atoms with van der Waals surface area (Å²) in [5, 5.41) is 0. The van der Waals surface area contributed by atoms with Gasteiger partial charge in [0.05, 0.1) is 5.56 Å². The quantitative estimate of drug-likeness (QED) is 0.381. The minimum Gasteiger partial charge on any atom is -0.435 e. The van der Waals surface area contributed by atoms with Crippen molar-refractivity contribution in [2.45, 2.75) is 65.7 Å². The van der Waals surface area contributed by atoms with Crippen molar-refractivity contribution in [2.75, 3.05) is 6.73 Å². The number of aryl methyl sites for hydroxylation is 1. The van der Waals surface area contributed by atoms with Gasteiger partial charge in [-0.1, -0.05) is 96.1 Å². The van der Waals surface area contributed by atoms with Crippen molar-refractivity contribution < 1.29 is 9.31 Å². The predicted molar refractivity (Wildman–Crippen MR) is 135 cm³/mol. The Morgan fingerprint density at radius 2 is 1.47 bits per heavy atom. The van der Waals surface area contributed by atoms with Gasteiger partial charge in [-0.15, -0.1) is 0 Å². The van der Waals surface area contributed by atoms with E-state index >= 15 is 0 Å². The molecule has 1 heterocycles. The van der Waals surface area contributed by atoms with Crippen LogP contribution in [0.3, 0.4) is 0 Å². The molecule has 4 rings (SSSR count). The zero-order valence-electron chi connectivity index (χ0n) is 20.6. The first-order valence-electron chi connectivity index (χ1n) is 11.8. The van der Waals surface area contributed by atoms with Gasteiger partial charge in [-0.2, -0.15) is 4.58 Å². The van der Waals surface area contributed by atoms with E-state index in [2.05, 4.69) is 120 Å². The second-order valence-electron chi connectivity index (χ2n) is 10.2. The predicted octanol–water partition coefficient (Wildman–Crippen LogP) is 7.68. The smallest absolute Gasteiger partial charge is 0.292 e. The van der Waals surface area contributed by atoms with Gasteiger partial charge < -0.3 is 4.74 Å². The molecule has 0 N–H and O–H groups in total. The molecule has 0 saturated heterocycles. The van der Waals surface area contributed by atoms with Gasteiger partial charge in [0.1, 0.15) is 5.75 Å². The number of hydrogen-bond acceptors (Lipinski definition) is 1. The van der Waals surface area contributed by atoms with E-state index < -0.39 is 0 Å². The van der Waals surface area contributed by atoms with Crippen LogP contribution in [0, 0.1) is 6.92 Å². The summed E-state index contributed by atoms with van der Waals surface area (Å²) in [5.74, 6) is 1.90. The maximum atomic E-state index is 6.55. The molecule has 1 aliphatic rings. The molecule has 2 heteroatoms. The molecule has 0 fully saturated rings. The fourth-order valence-electron chi connectivity index (χ4n) is 4.84. The van der Waals surface area contributed by atoms with Crippen molar-refractivity contribution in [3.05, 3.63) is 94.0 Å². The first-order chi connectivity index (χ1) is 15.2. The molecule has 2 nitrogen and oxygen atoms in total. The normalized spacial score (nSPS) is 13.7. The van der Waals surface area contributed by atoms with Crippen LogP contribution in [0.4, 0.5) is 5.69 Å². The van der Waals surface area contributed by atoms with Crippen LogP contribution in [0.2, 0.25) is 0 Å². The summed E-state index contributed by atoms with van der Waals surface area (Å²) in [6.07, 6.45) is 2.30. The maximum Gasteiger partial charge on any atom is 0.292 e. The highest BCUT2D eigenvalue weighted by Crippen LogP contribution is 2.42. The number of hydrogen-bond donors (Lipinski definition) is 0. The Morgan fingerprint density at radius 1 is 0.844 bits per heavy atom. The molecule has 32 heavy (non-hydrogen) atoms. The molecule has 0 radical (unpaired) electrons. The van der Waals surface area contributed by atoms with E-state index in [1.807, 2.05) is 0 Å². The van der Waals surface area contributed by atoms with Crippen LogP contribution in [0.5, 0.6) is 5.75 Å². The van der Waals surface area contributed by atoms with E-state index in [1.165, 1.54) is 33.5 Å². The maximum absolute atomic E-state index is 6.55. The summed E-state index contributed by atoms with van der Waals surface area (Å²) in [7, 11) is 0. The van der Waals surface area contributed by atoms with Crippen LogP contribution in [-0.4, -0.2) is 17.5 Å². The van der Waals surface area contributed by atoms with Gasteiger partial charge in [-0.3, -0.25) is 0 Å². The third-order valence-electron chi connectivity index (χ3n) is 6.70. The van der Waals surface area contributed by atoms with Gasteiger partial charge in [0.25, 0.3) is 6.73 Å². The number of rotatable bonds is 5. The van der Waals surface area contributed by atoms with Crippen molar-refractivity contribution in [1.29, 1.82) is 0 Å². The highest BCUT2D eigenvalue weighted by atomic mass is 16.5. The van der Waals surface area contributed by atoms with Crippen molar-refractivity contribution in [1.82, 2.24) is 0 Å². The van der Waals surface area contributed by atoms with E-state index in [9.17, 15) is 0 Å². The molecule has 3 aromatic carbocycles. The van der Waals surface area contributed by atoms with Crippen LogP contribution in [-0.2, 0) is 5.41 Å². The van der Waals surface area contributed by atoms with E-state index in [0.717, 1.165) is 11.3 Å². The third kappa shape index (κ3) is 3.99. The largest absolute Gasteiger partial charge is 0.435 e. The van der Waals surface area contributed by atoms with E-state index in [-0.39, 0.29) is 5.41 Å². The Hall–Kier alpha value is -2.87. The van der Waals surface area contributed by atoms with Crippen molar-refractivity contribution in [3.8, 4) is 5.75 Å². The second kappa shape index (κ2) is 8.58. The summed E-state index contributed by atoms with van der Waals surface area (Å²) in [4.78, 5) is 0. The van der Waals surface area contributed by atoms with Crippen molar-refractivity contribution in [2.24, 2.45) is 0 Å². The average Bonchev–Trinajstić information content (AvgIpc) is 2.78. The van der Waals surface area contributed by atoms with Crippen LogP contribution < -0.4 is 4.74 Å². The topological polar surface area (TPSA) is 12.2 Å². The minimum absolute atomic E-state index is 0.147. The number of para-hydroxylation sites is 1. The van der Waals surface area contributed by atoms with Crippen LogP contribution >= 0.6 is 0 Å². The van der Waals surface area contributed by atoms with Crippen LogP contribution in [0.25, 0.3) is 0 Å². The average molecular weight is 427 g/mol. The molecular weight excluding hydrogens is 390 g/mol. The molecule has 0 atom stereocenters. The summed E-state index contributed by atoms with van der Waals surface area (Å²) >= 11 is 0. The first-order valence-corrected chi connectivity index (χ1v) is 11.8. The van der Waals surface area contributed by atoms with Crippen LogP contribution in [0.15, 0.2) is 60.7 Å². The van der Waals surface area contributed by atoms with Gasteiger partial charge in [-0.05, 0) is 36.0 Å². The number of ether oxygens (including phenoxy) is 1. The lowest BCUT2D eigenvalue weighted by molar-refractivity contribution is -0.477. The fraction of sp³-hybridized carbons (Fsp3) is 0.367. The summed E-state index contributed by atoms with van der Waals surface area (Å²) < 4.78 is 8.86. The van der Waals surface area contributed by atoms with Crippen LogP contribution in [0.1, 0.15) is 86.8 Å². The van der Waals surface area contributed by atoms with Gasteiger partial charge >= 0.3 is 0 Å². The number of fused-ring (bicyclic) bond motifs is 1. The SMILES string of the molecule is Cc1cc2c(c(C(C)(C)c3ccccc3)c1)OC[N+](c1c(C(C)C)cccc1C(C)C)=C2. The third-order valence-corrected chi connectivity index (χ3v) is 6.70. The Morgan fingerprint density at radius 3 is 2.06 bits per heavy atom. The first kappa shape index (κ1) is 22.3. The molecule has 0 aliphatic carbocycles. The highest BCUT2D eigenvalue weighted by Gasteiger charge is 2.33. The second-order valence-corrected chi connectivity index (χ2v) is 10.2. The lowest BCUT2D eigenvalue weighted by Crippen LogP contribution is -2.27. The van der Waals surface area contributed by atoms with Gasteiger partial charge in [0, 0.05) is 22.1 Å². The lowest BCUT2D eigenvalue weighted by Gasteiger charge is -2.30. The molecular formula is C30H36NO+. The summed E-state index contributed by atoms with van der Waals surface area (Å²) in [5.41, 5.74) is 8.85. The number of benzene rings is 3. The summed E-state index contributed by atoms with van der Waals surface area (Å²) in [6, 6.07) is 22.0. The summed E-state index contributed by atoms with van der Waals surface area (Å²) in [6.45, 7) is 16.4. The Labute approximate surface area is 193 Å².